The third kappa shape index (κ3) is 4.33. The van der Waals surface area contributed by atoms with E-state index in [0.29, 0.717) is 6.61 Å². The SMILES string of the molecule is CCCCC(C)(C)C(C#N)C(=O)OCC. The van der Waals surface area contributed by atoms with Gasteiger partial charge in [-0.05, 0) is 18.8 Å². The van der Waals surface area contributed by atoms with E-state index in [1.165, 1.54) is 0 Å². The lowest BCUT2D eigenvalue weighted by Gasteiger charge is -2.27. The zero-order valence-corrected chi connectivity index (χ0v) is 10.2. The maximum Gasteiger partial charge on any atom is 0.323 e. The second-order valence-corrected chi connectivity index (χ2v) is 4.41. The maximum atomic E-state index is 11.5. The summed E-state index contributed by atoms with van der Waals surface area (Å²) in [6.07, 6.45) is 2.98. The van der Waals surface area contributed by atoms with Gasteiger partial charge in [0.1, 0.15) is 5.92 Å². The van der Waals surface area contributed by atoms with Gasteiger partial charge in [-0.2, -0.15) is 5.26 Å². The summed E-state index contributed by atoms with van der Waals surface area (Å²) in [7, 11) is 0. The van der Waals surface area contributed by atoms with E-state index >= 15 is 0 Å². The number of carbonyl (C=O) groups excluding carboxylic acids is 1. The van der Waals surface area contributed by atoms with Crippen molar-refractivity contribution in [3.63, 3.8) is 0 Å². The van der Waals surface area contributed by atoms with Crippen molar-refractivity contribution in [2.75, 3.05) is 6.61 Å². The van der Waals surface area contributed by atoms with E-state index in [4.69, 9.17) is 10.00 Å². The highest BCUT2D eigenvalue weighted by atomic mass is 16.5. The fraction of sp³-hybridized carbons (Fsp3) is 0.833. The molecule has 0 spiro atoms. The summed E-state index contributed by atoms with van der Waals surface area (Å²) in [4.78, 5) is 11.5. The van der Waals surface area contributed by atoms with Crippen LogP contribution in [-0.4, -0.2) is 12.6 Å². The van der Waals surface area contributed by atoms with E-state index in [9.17, 15) is 4.79 Å². The summed E-state index contributed by atoms with van der Waals surface area (Å²) in [6.45, 7) is 8.09. The van der Waals surface area contributed by atoms with Crippen LogP contribution in [0.2, 0.25) is 0 Å². The van der Waals surface area contributed by atoms with E-state index in [0.717, 1.165) is 19.3 Å². The molecule has 3 nitrogen and oxygen atoms in total. The lowest BCUT2D eigenvalue weighted by atomic mass is 9.76. The normalized spacial score (nSPS) is 13.0. The number of nitriles is 1. The van der Waals surface area contributed by atoms with Crippen molar-refractivity contribution in [1.82, 2.24) is 0 Å². The number of hydrogen-bond acceptors (Lipinski definition) is 3. The summed E-state index contributed by atoms with van der Waals surface area (Å²) in [6, 6.07) is 2.06. The Morgan fingerprint density at radius 3 is 2.47 bits per heavy atom. The van der Waals surface area contributed by atoms with Crippen LogP contribution >= 0.6 is 0 Å². The standard InChI is InChI=1S/C12H21NO2/c1-5-7-8-12(3,4)10(9-13)11(14)15-6-2/h10H,5-8H2,1-4H3. The highest BCUT2D eigenvalue weighted by molar-refractivity contribution is 5.76. The Kier molecular flexibility index (Phi) is 6.00. The van der Waals surface area contributed by atoms with Gasteiger partial charge in [-0.1, -0.05) is 33.6 Å². The zero-order chi connectivity index (χ0) is 11.9. The van der Waals surface area contributed by atoms with Crippen LogP contribution in [0, 0.1) is 22.7 Å². The topological polar surface area (TPSA) is 50.1 Å². The van der Waals surface area contributed by atoms with Crippen LogP contribution in [0.5, 0.6) is 0 Å². The molecule has 0 saturated heterocycles. The lowest BCUT2D eigenvalue weighted by molar-refractivity contribution is -0.149. The zero-order valence-electron chi connectivity index (χ0n) is 10.2. The quantitative estimate of drug-likeness (QED) is 0.635. The van der Waals surface area contributed by atoms with Gasteiger partial charge in [0.15, 0.2) is 0 Å². The Morgan fingerprint density at radius 1 is 1.47 bits per heavy atom. The summed E-state index contributed by atoms with van der Waals surface area (Å²) in [5, 5.41) is 9.01. The first-order valence-electron chi connectivity index (χ1n) is 5.55. The number of unbranched alkanes of at least 4 members (excludes halogenated alkanes) is 1. The van der Waals surface area contributed by atoms with E-state index in [1.807, 2.05) is 13.8 Å². The molecular formula is C12H21NO2. The molecular weight excluding hydrogens is 190 g/mol. The van der Waals surface area contributed by atoms with Crippen molar-refractivity contribution >= 4 is 5.97 Å². The molecule has 0 radical (unpaired) electrons. The second kappa shape index (κ2) is 6.44. The largest absolute Gasteiger partial charge is 0.465 e. The van der Waals surface area contributed by atoms with Gasteiger partial charge in [0, 0.05) is 0 Å². The molecule has 0 aliphatic carbocycles. The first-order chi connectivity index (χ1) is 6.99. The fourth-order valence-corrected chi connectivity index (χ4v) is 1.55. The number of esters is 1. The molecule has 1 unspecified atom stereocenters. The third-order valence-electron chi connectivity index (χ3n) is 2.61. The molecule has 0 aliphatic heterocycles. The Morgan fingerprint density at radius 2 is 2.07 bits per heavy atom. The highest BCUT2D eigenvalue weighted by Gasteiger charge is 2.35. The molecule has 86 valence electrons. The van der Waals surface area contributed by atoms with Gasteiger partial charge >= 0.3 is 5.97 Å². The molecule has 0 aromatic rings. The molecule has 0 N–H and O–H groups in total. The van der Waals surface area contributed by atoms with Crippen LogP contribution in [0.1, 0.15) is 47.0 Å². The van der Waals surface area contributed by atoms with Crippen LogP contribution in [0.25, 0.3) is 0 Å². The molecule has 0 aromatic heterocycles. The van der Waals surface area contributed by atoms with E-state index in [-0.39, 0.29) is 11.4 Å². The van der Waals surface area contributed by atoms with Gasteiger partial charge in [-0.25, -0.2) is 0 Å². The minimum Gasteiger partial charge on any atom is -0.465 e. The summed E-state index contributed by atoms with van der Waals surface area (Å²) < 4.78 is 4.90. The average Bonchev–Trinajstić information content (AvgIpc) is 2.16. The summed E-state index contributed by atoms with van der Waals surface area (Å²) in [5.74, 6) is -1.04. The number of rotatable bonds is 6. The van der Waals surface area contributed by atoms with Gasteiger partial charge in [0.05, 0.1) is 12.7 Å². The van der Waals surface area contributed by atoms with Crippen LogP contribution < -0.4 is 0 Å². The number of nitrogens with zero attached hydrogens (tertiary/aromatic N) is 1. The number of carbonyl (C=O) groups is 1. The molecule has 15 heavy (non-hydrogen) atoms. The minimum atomic E-state index is -0.649. The van der Waals surface area contributed by atoms with Gasteiger partial charge in [-0.15, -0.1) is 0 Å². The average molecular weight is 211 g/mol. The molecule has 0 rings (SSSR count). The van der Waals surface area contributed by atoms with Crippen molar-refractivity contribution in [2.24, 2.45) is 11.3 Å². The second-order valence-electron chi connectivity index (χ2n) is 4.41. The van der Waals surface area contributed by atoms with Crippen LogP contribution in [0.15, 0.2) is 0 Å². The Balaban J connectivity index is 4.51. The first-order valence-corrected chi connectivity index (χ1v) is 5.55. The van der Waals surface area contributed by atoms with Gasteiger partial charge in [-0.3, -0.25) is 4.79 Å². The first kappa shape index (κ1) is 14.0. The molecule has 0 heterocycles. The Hall–Kier alpha value is -1.04. The molecule has 0 saturated carbocycles. The molecule has 0 amide bonds. The van der Waals surface area contributed by atoms with Crippen molar-refractivity contribution < 1.29 is 9.53 Å². The van der Waals surface area contributed by atoms with Crippen molar-refractivity contribution in [2.45, 2.75) is 47.0 Å². The van der Waals surface area contributed by atoms with Crippen LogP contribution in [0.3, 0.4) is 0 Å². The molecule has 0 fully saturated rings. The molecule has 0 aromatic carbocycles. The van der Waals surface area contributed by atoms with Crippen molar-refractivity contribution in [1.29, 1.82) is 5.26 Å². The number of hydrogen-bond donors (Lipinski definition) is 0. The van der Waals surface area contributed by atoms with E-state index < -0.39 is 5.92 Å². The van der Waals surface area contributed by atoms with E-state index in [1.54, 1.807) is 6.92 Å². The van der Waals surface area contributed by atoms with Crippen molar-refractivity contribution in [3.8, 4) is 6.07 Å². The number of ether oxygens (including phenoxy) is 1. The summed E-state index contributed by atoms with van der Waals surface area (Å²) in [5.41, 5.74) is -0.295. The Labute approximate surface area is 92.4 Å². The third-order valence-corrected chi connectivity index (χ3v) is 2.61. The molecule has 1 atom stereocenters. The predicted molar refractivity (Wildman–Crippen MR) is 59.0 cm³/mol. The van der Waals surface area contributed by atoms with Gasteiger partial charge in [0.2, 0.25) is 0 Å². The smallest absolute Gasteiger partial charge is 0.323 e. The highest BCUT2D eigenvalue weighted by Crippen LogP contribution is 2.33. The van der Waals surface area contributed by atoms with Crippen molar-refractivity contribution in [3.05, 3.63) is 0 Å². The lowest BCUT2D eigenvalue weighted by Crippen LogP contribution is -2.31. The summed E-state index contributed by atoms with van der Waals surface area (Å²) >= 11 is 0. The van der Waals surface area contributed by atoms with Crippen LogP contribution in [-0.2, 0) is 9.53 Å². The maximum absolute atomic E-state index is 11.5. The molecule has 0 bridgehead atoms. The Bertz CT molecular complexity index is 240. The minimum absolute atomic E-state index is 0.295. The monoisotopic (exact) mass is 211 g/mol. The predicted octanol–water partition coefficient (Wildman–Crippen LogP) is 2.91. The van der Waals surface area contributed by atoms with Gasteiger partial charge in [0.25, 0.3) is 0 Å². The molecule has 3 heteroatoms. The van der Waals surface area contributed by atoms with Gasteiger partial charge < -0.3 is 4.74 Å². The van der Waals surface area contributed by atoms with E-state index in [2.05, 4.69) is 13.0 Å². The molecule has 0 aliphatic rings. The van der Waals surface area contributed by atoms with Crippen LogP contribution in [0.4, 0.5) is 0 Å². The fourth-order valence-electron chi connectivity index (χ4n) is 1.55.